The van der Waals surface area contributed by atoms with E-state index in [0.29, 0.717) is 29.0 Å². The Morgan fingerprint density at radius 3 is 2.62 bits per heavy atom. The molecule has 0 fully saturated rings. The molecule has 0 aliphatic rings. The lowest BCUT2D eigenvalue weighted by molar-refractivity contribution is -0.385. The van der Waals surface area contributed by atoms with Crippen molar-refractivity contribution in [2.45, 2.75) is 13.8 Å². The first-order chi connectivity index (χ1) is 11.5. The number of amides is 1. The average Bonchev–Trinajstić information content (AvgIpc) is 2.57. The summed E-state index contributed by atoms with van der Waals surface area (Å²) in [5.41, 5.74) is 3.92. The monoisotopic (exact) mass is 327 g/mol. The van der Waals surface area contributed by atoms with Crippen molar-refractivity contribution in [2.75, 3.05) is 6.61 Å². The second-order valence-corrected chi connectivity index (χ2v) is 4.96. The van der Waals surface area contributed by atoms with Gasteiger partial charge in [0.15, 0.2) is 0 Å². The molecule has 7 heteroatoms. The molecule has 0 radical (unpaired) electrons. The van der Waals surface area contributed by atoms with E-state index in [1.165, 1.54) is 12.3 Å². The Bertz CT molecular complexity index is 770. The van der Waals surface area contributed by atoms with E-state index in [1.54, 1.807) is 43.3 Å². The molecule has 24 heavy (non-hydrogen) atoms. The summed E-state index contributed by atoms with van der Waals surface area (Å²) in [6.45, 7) is 4.09. The Morgan fingerprint density at radius 1 is 1.29 bits per heavy atom. The summed E-state index contributed by atoms with van der Waals surface area (Å²) < 4.78 is 5.30. The first-order valence-corrected chi connectivity index (χ1v) is 7.32. The summed E-state index contributed by atoms with van der Waals surface area (Å²) in [6, 6.07) is 11.4. The Kier molecular flexibility index (Phi) is 5.62. The van der Waals surface area contributed by atoms with Crippen LogP contribution < -0.4 is 10.2 Å². The fourth-order valence-electron chi connectivity index (χ4n) is 2.00. The summed E-state index contributed by atoms with van der Waals surface area (Å²) in [6.07, 6.45) is 1.36. The van der Waals surface area contributed by atoms with Crippen LogP contribution in [0.3, 0.4) is 0 Å². The number of hydrogen-bond donors (Lipinski definition) is 1. The van der Waals surface area contributed by atoms with Crippen LogP contribution in [0.2, 0.25) is 0 Å². The van der Waals surface area contributed by atoms with Crippen molar-refractivity contribution in [3.05, 3.63) is 69.3 Å². The standard InChI is InChI=1S/C17H17N3O4/c1-3-24-15-8-6-14(7-9-15)17(21)19-18-11-13-5-4-12(2)16(10-13)20(22)23/h4-11H,3H2,1-2H3,(H,19,21)/b18-11-. The maximum Gasteiger partial charge on any atom is 0.272 e. The molecule has 1 amide bonds. The fourth-order valence-corrected chi connectivity index (χ4v) is 2.00. The van der Waals surface area contributed by atoms with Crippen molar-refractivity contribution in [3.8, 4) is 5.75 Å². The van der Waals surface area contributed by atoms with Crippen LogP contribution in [0.25, 0.3) is 0 Å². The topological polar surface area (TPSA) is 93.8 Å². The van der Waals surface area contributed by atoms with Gasteiger partial charge in [-0.05, 0) is 38.1 Å². The molecule has 0 atom stereocenters. The molecule has 2 aromatic rings. The molecule has 1 N–H and O–H groups in total. The highest BCUT2D eigenvalue weighted by molar-refractivity contribution is 5.95. The summed E-state index contributed by atoms with van der Waals surface area (Å²) in [4.78, 5) is 22.4. The molecule has 2 rings (SSSR count). The molecule has 0 aromatic heterocycles. The van der Waals surface area contributed by atoms with Gasteiger partial charge < -0.3 is 4.74 Å². The maximum absolute atomic E-state index is 12.0. The first-order valence-electron chi connectivity index (χ1n) is 7.32. The van der Waals surface area contributed by atoms with Crippen LogP contribution in [0, 0.1) is 17.0 Å². The van der Waals surface area contributed by atoms with E-state index in [0.717, 1.165) is 0 Å². The van der Waals surface area contributed by atoms with E-state index in [4.69, 9.17) is 4.74 Å². The van der Waals surface area contributed by atoms with Crippen molar-refractivity contribution in [2.24, 2.45) is 5.10 Å². The highest BCUT2D eigenvalue weighted by atomic mass is 16.6. The van der Waals surface area contributed by atoms with Gasteiger partial charge in [0.1, 0.15) is 5.75 Å². The Balaban J connectivity index is 2.02. The van der Waals surface area contributed by atoms with E-state index >= 15 is 0 Å². The van der Waals surface area contributed by atoms with Gasteiger partial charge in [-0.25, -0.2) is 5.43 Å². The molecule has 124 valence electrons. The largest absolute Gasteiger partial charge is 0.494 e. The van der Waals surface area contributed by atoms with Gasteiger partial charge in [-0.1, -0.05) is 12.1 Å². The lowest BCUT2D eigenvalue weighted by Gasteiger charge is -2.04. The number of nitrogens with zero attached hydrogens (tertiary/aromatic N) is 2. The first kappa shape index (κ1) is 17.1. The second kappa shape index (κ2) is 7.87. The van der Waals surface area contributed by atoms with Crippen LogP contribution >= 0.6 is 0 Å². The van der Waals surface area contributed by atoms with Crippen LogP contribution in [0.1, 0.15) is 28.4 Å². The predicted molar refractivity (Wildman–Crippen MR) is 90.5 cm³/mol. The highest BCUT2D eigenvalue weighted by Crippen LogP contribution is 2.18. The number of carbonyl (C=O) groups is 1. The number of nitro benzene ring substituents is 1. The molecular weight excluding hydrogens is 310 g/mol. The second-order valence-electron chi connectivity index (χ2n) is 4.96. The zero-order valence-electron chi connectivity index (χ0n) is 13.4. The summed E-state index contributed by atoms with van der Waals surface area (Å²) in [5.74, 6) is 0.306. The number of aryl methyl sites for hydroxylation is 1. The fraction of sp³-hybridized carbons (Fsp3) is 0.176. The van der Waals surface area contributed by atoms with E-state index in [2.05, 4.69) is 10.5 Å². The molecule has 0 spiro atoms. The van der Waals surface area contributed by atoms with Crippen LogP contribution in [0.15, 0.2) is 47.6 Å². The van der Waals surface area contributed by atoms with E-state index in [1.807, 2.05) is 6.92 Å². The minimum atomic E-state index is -0.453. The molecule has 0 aliphatic heterocycles. The van der Waals surface area contributed by atoms with Crippen LogP contribution in [-0.4, -0.2) is 23.7 Å². The third-order valence-electron chi connectivity index (χ3n) is 3.24. The maximum atomic E-state index is 12.0. The van der Waals surface area contributed by atoms with E-state index < -0.39 is 4.92 Å². The zero-order chi connectivity index (χ0) is 17.5. The molecule has 0 bridgehead atoms. The summed E-state index contributed by atoms with van der Waals surface area (Å²) >= 11 is 0. The Hall–Kier alpha value is -3.22. The molecule has 2 aromatic carbocycles. The minimum Gasteiger partial charge on any atom is -0.494 e. The van der Waals surface area contributed by atoms with Crippen molar-refractivity contribution >= 4 is 17.8 Å². The molecule has 0 saturated carbocycles. The normalized spacial score (nSPS) is 10.6. The lowest BCUT2D eigenvalue weighted by atomic mass is 10.1. The van der Waals surface area contributed by atoms with Gasteiger partial charge in [0.25, 0.3) is 11.6 Å². The highest BCUT2D eigenvalue weighted by Gasteiger charge is 2.10. The van der Waals surface area contributed by atoms with Crippen LogP contribution in [0.4, 0.5) is 5.69 Å². The van der Waals surface area contributed by atoms with E-state index in [-0.39, 0.29) is 11.6 Å². The SMILES string of the molecule is CCOc1ccc(C(=O)N/N=C\c2ccc(C)c([N+](=O)[O-])c2)cc1. The number of nitrogens with one attached hydrogen (secondary N) is 1. The molecule has 0 saturated heterocycles. The summed E-state index contributed by atoms with van der Waals surface area (Å²) in [5, 5.41) is 14.7. The number of benzene rings is 2. The van der Waals surface area contributed by atoms with Crippen molar-refractivity contribution in [3.63, 3.8) is 0 Å². The number of carbonyl (C=O) groups excluding carboxylic acids is 1. The van der Waals surface area contributed by atoms with Gasteiger partial charge in [0, 0.05) is 22.8 Å². The number of hydrazone groups is 1. The quantitative estimate of drug-likeness (QED) is 0.501. The molecule has 0 heterocycles. The van der Waals surface area contributed by atoms with Gasteiger partial charge in [0.05, 0.1) is 17.7 Å². The number of hydrogen-bond acceptors (Lipinski definition) is 5. The van der Waals surface area contributed by atoms with Crippen molar-refractivity contribution in [1.82, 2.24) is 5.43 Å². The third kappa shape index (κ3) is 4.39. The van der Waals surface area contributed by atoms with Crippen LogP contribution in [0.5, 0.6) is 5.75 Å². The van der Waals surface area contributed by atoms with Gasteiger partial charge in [-0.15, -0.1) is 0 Å². The van der Waals surface area contributed by atoms with Crippen molar-refractivity contribution in [1.29, 1.82) is 0 Å². The van der Waals surface area contributed by atoms with Crippen LogP contribution in [-0.2, 0) is 0 Å². The zero-order valence-corrected chi connectivity index (χ0v) is 13.4. The van der Waals surface area contributed by atoms with Gasteiger partial charge in [-0.2, -0.15) is 5.10 Å². The third-order valence-corrected chi connectivity index (χ3v) is 3.24. The number of nitro groups is 1. The molecule has 7 nitrogen and oxygen atoms in total. The number of ether oxygens (including phenoxy) is 1. The van der Waals surface area contributed by atoms with Gasteiger partial charge >= 0.3 is 0 Å². The minimum absolute atomic E-state index is 0.0109. The Labute approximate surface area is 139 Å². The van der Waals surface area contributed by atoms with Gasteiger partial charge in [-0.3, -0.25) is 14.9 Å². The predicted octanol–water partition coefficient (Wildman–Crippen LogP) is 3.07. The molecule has 0 aliphatic carbocycles. The average molecular weight is 327 g/mol. The van der Waals surface area contributed by atoms with E-state index in [9.17, 15) is 14.9 Å². The number of rotatable bonds is 6. The summed E-state index contributed by atoms with van der Waals surface area (Å²) in [7, 11) is 0. The van der Waals surface area contributed by atoms with Gasteiger partial charge in [0.2, 0.25) is 0 Å². The van der Waals surface area contributed by atoms with Crippen molar-refractivity contribution < 1.29 is 14.5 Å². The smallest absolute Gasteiger partial charge is 0.272 e. The molecule has 0 unspecified atom stereocenters. The Morgan fingerprint density at radius 2 is 2.00 bits per heavy atom. The lowest BCUT2D eigenvalue weighted by Crippen LogP contribution is -2.17. The molecular formula is C17H17N3O4.